The molecule has 3 rings (SSSR count). The Balaban J connectivity index is 1.55. The van der Waals surface area contributed by atoms with Crippen molar-refractivity contribution in [3.63, 3.8) is 0 Å². The number of urea groups is 1. The predicted octanol–water partition coefficient (Wildman–Crippen LogP) is 0.493. The highest BCUT2D eigenvalue weighted by Crippen LogP contribution is 2.15. The molecule has 0 spiro atoms. The number of nitrogens with zero attached hydrogens (tertiary/aromatic N) is 4. The van der Waals surface area contributed by atoms with Gasteiger partial charge < -0.3 is 15.3 Å². The number of pyridine rings is 1. The number of likely N-dealkylation sites (tertiary alicyclic amines) is 1. The first-order valence-electron chi connectivity index (χ1n) is 6.84. The number of hydrogen-bond acceptors (Lipinski definition) is 4. The van der Waals surface area contributed by atoms with Crippen LogP contribution >= 0.6 is 0 Å². The molecule has 2 aromatic rings. The Kier molecular flexibility index (Phi) is 3.73. The van der Waals surface area contributed by atoms with Crippen LogP contribution < -0.4 is 5.32 Å². The van der Waals surface area contributed by atoms with Crippen LogP contribution in [0.15, 0.2) is 36.8 Å². The molecule has 3 heterocycles. The minimum atomic E-state index is -0.859. The Morgan fingerprint density at radius 3 is 2.86 bits per heavy atom. The highest BCUT2D eigenvalue weighted by molar-refractivity contribution is 5.79. The van der Waals surface area contributed by atoms with Crippen molar-refractivity contribution in [1.82, 2.24) is 25.0 Å². The van der Waals surface area contributed by atoms with E-state index in [1.807, 2.05) is 12.1 Å². The average molecular weight is 301 g/mol. The average Bonchev–Trinajstić information content (AvgIpc) is 2.97. The van der Waals surface area contributed by atoms with Crippen LogP contribution in [0.3, 0.4) is 0 Å². The lowest BCUT2D eigenvalue weighted by atomic mass is 10.0. The molecule has 1 aliphatic rings. The second kappa shape index (κ2) is 5.84. The van der Waals surface area contributed by atoms with Crippen molar-refractivity contribution in [2.24, 2.45) is 5.92 Å². The van der Waals surface area contributed by atoms with Crippen molar-refractivity contribution in [2.45, 2.75) is 6.54 Å². The SMILES string of the molecule is O=C(O)C1CN(C(=O)NCc2ccnc(-n3cccn3)c2)C1. The second-order valence-corrected chi connectivity index (χ2v) is 5.07. The fourth-order valence-corrected chi connectivity index (χ4v) is 2.19. The first-order valence-corrected chi connectivity index (χ1v) is 6.84. The molecule has 0 aliphatic carbocycles. The highest BCUT2D eigenvalue weighted by Gasteiger charge is 2.35. The quantitative estimate of drug-likeness (QED) is 0.856. The Morgan fingerprint density at radius 2 is 2.18 bits per heavy atom. The summed E-state index contributed by atoms with van der Waals surface area (Å²) in [7, 11) is 0. The lowest BCUT2D eigenvalue weighted by molar-refractivity contribution is -0.146. The number of carbonyl (C=O) groups excluding carboxylic acids is 1. The van der Waals surface area contributed by atoms with Crippen molar-refractivity contribution >= 4 is 12.0 Å². The topological polar surface area (TPSA) is 100 Å². The molecule has 0 unspecified atom stereocenters. The molecule has 8 nitrogen and oxygen atoms in total. The summed E-state index contributed by atoms with van der Waals surface area (Å²) >= 11 is 0. The van der Waals surface area contributed by atoms with Crippen molar-refractivity contribution < 1.29 is 14.7 Å². The van der Waals surface area contributed by atoms with E-state index >= 15 is 0 Å². The number of aromatic nitrogens is 3. The van der Waals surface area contributed by atoms with Crippen molar-refractivity contribution in [1.29, 1.82) is 0 Å². The summed E-state index contributed by atoms with van der Waals surface area (Å²) in [5, 5.41) is 15.7. The molecule has 8 heteroatoms. The molecule has 0 aromatic carbocycles. The van der Waals surface area contributed by atoms with Crippen LogP contribution in [0.25, 0.3) is 5.82 Å². The molecule has 0 saturated carbocycles. The molecule has 1 aliphatic heterocycles. The molecule has 1 fully saturated rings. The van der Waals surface area contributed by atoms with Gasteiger partial charge in [0, 0.05) is 38.2 Å². The van der Waals surface area contributed by atoms with E-state index in [0.29, 0.717) is 12.4 Å². The largest absolute Gasteiger partial charge is 0.481 e. The van der Waals surface area contributed by atoms with Crippen LogP contribution in [0, 0.1) is 5.92 Å². The fourth-order valence-electron chi connectivity index (χ4n) is 2.19. The van der Waals surface area contributed by atoms with E-state index in [1.165, 1.54) is 4.90 Å². The number of amides is 2. The smallest absolute Gasteiger partial charge is 0.317 e. The molecular formula is C14H15N5O3. The first-order chi connectivity index (χ1) is 10.6. The number of carbonyl (C=O) groups is 2. The van der Waals surface area contributed by atoms with Crippen LogP contribution in [-0.2, 0) is 11.3 Å². The predicted molar refractivity (Wildman–Crippen MR) is 76.3 cm³/mol. The van der Waals surface area contributed by atoms with Crippen LogP contribution in [0.1, 0.15) is 5.56 Å². The Hall–Kier alpha value is -2.90. The van der Waals surface area contributed by atoms with Gasteiger partial charge in [-0.2, -0.15) is 5.10 Å². The van der Waals surface area contributed by atoms with Gasteiger partial charge in [0.15, 0.2) is 5.82 Å². The monoisotopic (exact) mass is 301 g/mol. The Labute approximate surface area is 126 Å². The zero-order valence-electron chi connectivity index (χ0n) is 11.7. The lowest BCUT2D eigenvalue weighted by Gasteiger charge is -2.36. The van der Waals surface area contributed by atoms with E-state index in [2.05, 4.69) is 15.4 Å². The summed E-state index contributed by atoms with van der Waals surface area (Å²) in [6, 6.07) is 5.20. The fraction of sp³-hybridized carbons (Fsp3) is 0.286. The van der Waals surface area contributed by atoms with Gasteiger partial charge in [-0.25, -0.2) is 14.5 Å². The Bertz CT molecular complexity index is 680. The summed E-state index contributed by atoms with van der Waals surface area (Å²) in [6.07, 6.45) is 5.11. The number of carboxylic acid groups (broad SMARTS) is 1. The number of carboxylic acids is 1. The summed E-state index contributed by atoms with van der Waals surface area (Å²) in [6.45, 7) is 0.871. The highest BCUT2D eigenvalue weighted by atomic mass is 16.4. The van der Waals surface area contributed by atoms with Crippen molar-refractivity contribution in [3.05, 3.63) is 42.4 Å². The van der Waals surface area contributed by atoms with Crippen molar-refractivity contribution in [2.75, 3.05) is 13.1 Å². The van der Waals surface area contributed by atoms with Gasteiger partial charge in [-0.05, 0) is 23.8 Å². The molecular weight excluding hydrogens is 286 g/mol. The van der Waals surface area contributed by atoms with Crippen LogP contribution in [0.2, 0.25) is 0 Å². The minimum absolute atomic E-state index is 0.255. The number of aliphatic carboxylic acids is 1. The van der Waals surface area contributed by atoms with Gasteiger partial charge in [-0.15, -0.1) is 0 Å². The zero-order valence-corrected chi connectivity index (χ0v) is 11.7. The maximum Gasteiger partial charge on any atom is 0.317 e. The maximum atomic E-state index is 11.9. The molecule has 0 radical (unpaired) electrons. The number of hydrogen-bond donors (Lipinski definition) is 2. The summed E-state index contributed by atoms with van der Waals surface area (Å²) < 4.78 is 1.64. The molecule has 2 aromatic heterocycles. The van der Waals surface area contributed by atoms with E-state index in [0.717, 1.165) is 5.56 Å². The zero-order chi connectivity index (χ0) is 15.5. The summed E-state index contributed by atoms with van der Waals surface area (Å²) in [4.78, 5) is 28.3. The molecule has 2 N–H and O–H groups in total. The number of rotatable bonds is 4. The summed E-state index contributed by atoms with van der Waals surface area (Å²) in [5.41, 5.74) is 0.893. The van der Waals surface area contributed by atoms with Gasteiger partial charge in [0.05, 0.1) is 5.92 Å². The van der Waals surface area contributed by atoms with E-state index in [-0.39, 0.29) is 19.1 Å². The molecule has 114 valence electrons. The van der Waals surface area contributed by atoms with E-state index < -0.39 is 11.9 Å². The van der Waals surface area contributed by atoms with Gasteiger partial charge in [0.1, 0.15) is 0 Å². The normalized spacial score (nSPS) is 14.5. The van der Waals surface area contributed by atoms with Gasteiger partial charge in [-0.3, -0.25) is 4.79 Å². The van der Waals surface area contributed by atoms with E-state index in [9.17, 15) is 9.59 Å². The van der Waals surface area contributed by atoms with Crippen LogP contribution in [-0.4, -0.2) is 49.9 Å². The molecule has 0 atom stereocenters. The maximum absolute atomic E-state index is 11.9. The summed E-state index contributed by atoms with van der Waals surface area (Å²) in [5.74, 6) is -0.633. The number of nitrogens with one attached hydrogen (secondary N) is 1. The first kappa shape index (κ1) is 14.1. The standard InChI is InChI=1S/C14H15N5O3/c20-13(21)11-8-18(9-11)14(22)16-7-10-2-4-15-12(6-10)19-5-1-3-17-19/h1-6,11H,7-9H2,(H,16,22)(H,20,21). The lowest BCUT2D eigenvalue weighted by Crippen LogP contribution is -2.56. The molecule has 22 heavy (non-hydrogen) atoms. The van der Waals surface area contributed by atoms with Gasteiger partial charge in [-0.1, -0.05) is 0 Å². The van der Waals surface area contributed by atoms with Gasteiger partial charge in [0.25, 0.3) is 0 Å². The third-order valence-corrected chi connectivity index (χ3v) is 3.51. The second-order valence-electron chi connectivity index (χ2n) is 5.07. The third-order valence-electron chi connectivity index (χ3n) is 3.51. The van der Waals surface area contributed by atoms with Gasteiger partial charge in [0.2, 0.25) is 0 Å². The van der Waals surface area contributed by atoms with E-state index in [4.69, 9.17) is 5.11 Å². The third kappa shape index (κ3) is 2.90. The molecule has 1 saturated heterocycles. The Morgan fingerprint density at radius 1 is 1.36 bits per heavy atom. The van der Waals surface area contributed by atoms with Gasteiger partial charge >= 0.3 is 12.0 Å². The van der Waals surface area contributed by atoms with E-state index in [1.54, 1.807) is 29.3 Å². The molecule has 0 bridgehead atoms. The van der Waals surface area contributed by atoms with Crippen LogP contribution in [0.4, 0.5) is 4.79 Å². The van der Waals surface area contributed by atoms with Crippen LogP contribution in [0.5, 0.6) is 0 Å². The van der Waals surface area contributed by atoms with Crippen molar-refractivity contribution in [3.8, 4) is 5.82 Å². The minimum Gasteiger partial charge on any atom is -0.481 e. The molecule has 2 amide bonds.